The first-order chi connectivity index (χ1) is 16.8. The fraction of sp³-hybridized carbons (Fsp3) is 0.0833. The van der Waals surface area contributed by atoms with E-state index in [9.17, 15) is 18.0 Å². The van der Waals surface area contributed by atoms with Gasteiger partial charge >= 0.3 is 6.18 Å². The number of alkyl halides is 3. The Labute approximate surface area is 196 Å². The van der Waals surface area contributed by atoms with Gasteiger partial charge in [-0.05, 0) is 23.8 Å². The molecule has 0 spiro atoms. The predicted molar refractivity (Wildman–Crippen MR) is 124 cm³/mol. The maximum atomic E-state index is 13.6. The number of hydrogen-bond acceptors (Lipinski definition) is 5. The summed E-state index contributed by atoms with van der Waals surface area (Å²) in [5, 5.41) is 11.0. The molecule has 3 N–H and O–H groups in total. The van der Waals surface area contributed by atoms with Gasteiger partial charge in [-0.1, -0.05) is 42.5 Å². The number of nitrogen functional groups attached to an aromatic ring is 1. The number of amides is 1. The van der Waals surface area contributed by atoms with Gasteiger partial charge in [-0.3, -0.25) is 9.48 Å². The molecule has 0 saturated carbocycles. The molecule has 0 bridgehead atoms. The number of nitrogens with zero attached hydrogens (tertiary/aromatic N) is 5. The van der Waals surface area contributed by atoms with Gasteiger partial charge in [-0.15, -0.1) is 0 Å². The van der Waals surface area contributed by atoms with E-state index >= 15 is 0 Å². The molecule has 3 heterocycles. The lowest BCUT2D eigenvalue weighted by atomic mass is 10.1. The predicted octanol–water partition coefficient (Wildman–Crippen LogP) is 4.49. The van der Waals surface area contributed by atoms with Crippen molar-refractivity contribution in [1.29, 1.82) is 0 Å². The van der Waals surface area contributed by atoms with E-state index in [1.54, 1.807) is 29.1 Å². The molecule has 5 aromatic rings. The number of rotatable bonds is 5. The zero-order chi connectivity index (χ0) is 24.6. The molecule has 0 aliphatic carbocycles. The molecule has 11 heteroatoms. The number of aromatic nitrogens is 5. The van der Waals surface area contributed by atoms with Gasteiger partial charge < -0.3 is 11.1 Å². The lowest BCUT2D eigenvalue weighted by Gasteiger charge is -2.07. The summed E-state index contributed by atoms with van der Waals surface area (Å²) >= 11 is 0. The van der Waals surface area contributed by atoms with Crippen LogP contribution in [0.3, 0.4) is 0 Å². The highest BCUT2D eigenvalue weighted by Crippen LogP contribution is 2.38. The van der Waals surface area contributed by atoms with Crippen molar-refractivity contribution in [3.05, 3.63) is 96.1 Å². The van der Waals surface area contributed by atoms with Gasteiger partial charge in [0.05, 0.1) is 29.7 Å². The van der Waals surface area contributed by atoms with Gasteiger partial charge in [0.2, 0.25) is 0 Å². The SMILES string of the molecule is Nc1ncnn2c(-c3cccc(C(=O)Nc4cnn(Cc5ccccc5)c4)c3)cc(C(F)(F)F)c12. The number of carbonyl (C=O) groups is 1. The number of fused-ring (bicyclic) bond motifs is 1. The summed E-state index contributed by atoms with van der Waals surface area (Å²) < 4.78 is 43.6. The largest absolute Gasteiger partial charge is 0.418 e. The summed E-state index contributed by atoms with van der Waals surface area (Å²) in [6.45, 7) is 0.542. The molecule has 35 heavy (non-hydrogen) atoms. The smallest absolute Gasteiger partial charge is 0.382 e. The molecule has 0 radical (unpaired) electrons. The van der Waals surface area contributed by atoms with E-state index in [4.69, 9.17) is 5.73 Å². The third kappa shape index (κ3) is 4.43. The van der Waals surface area contributed by atoms with E-state index in [0.717, 1.165) is 22.5 Å². The van der Waals surface area contributed by atoms with Crippen LogP contribution in [0.1, 0.15) is 21.5 Å². The van der Waals surface area contributed by atoms with Crippen LogP contribution >= 0.6 is 0 Å². The van der Waals surface area contributed by atoms with Crippen molar-refractivity contribution >= 4 is 22.9 Å². The van der Waals surface area contributed by atoms with E-state index in [2.05, 4.69) is 20.5 Å². The lowest BCUT2D eigenvalue weighted by Crippen LogP contribution is -2.11. The van der Waals surface area contributed by atoms with Crippen LogP contribution in [0, 0.1) is 0 Å². The van der Waals surface area contributed by atoms with Crippen molar-refractivity contribution in [2.45, 2.75) is 12.7 Å². The summed E-state index contributed by atoms with van der Waals surface area (Å²) in [4.78, 5) is 16.6. The van der Waals surface area contributed by atoms with Crippen LogP contribution in [0.25, 0.3) is 16.8 Å². The van der Waals surface area contributed by atoms with Gasteiger partial charge in [0.1, 0.15) is 11.8 Å². The summed E-state index contributed by atoms with van der Waals surface area (Å²) in [6.07, 6.45) is -0.349. The standard InChI is InChI=1S/C24H18F3N7O/c25-24(26,27)19-10-20(34-21(19)22(28)29-14-31-34)16-7-4-8-17(9-16)23(35)32-18-11-30-33(13-18)12-15-5-2-1-3-6-15/h1-11,13-14H,12H2,(H,32,35)(H2,28,29,31). The molecular weight excluding hydrogens is 459 g/mol. The molecule has 2 aromatic carbocycles. The van der Waals surface area contributed by atoms with Gasteiger partial charge in [0.15, 0.2) is 5.82 Å². The van der Waals surface area contributed by atoms with Gasteiger partial charge in [-0.25, -0.2) is 9.50 Å². The van der Waals surface area contributed by atoms with Crippen molar-refractivity contribution in [2.75, 3.05) is 11.1 Å². The van der Waals surface area contributed by atoms with Crippen LogP contribution in [0.15, 0.2) is 79.4 Å². The lowest BCUT2D eigenvalue weighted by molar-refractivity contribution is -0.136. The molecule has 0 aliphatic heterocycles. The quantitative estimate of drug-likeness (QED) is 0.388. The van der Waals surface area contributed by atoms with E-state index in [-0.39, 0.29) is 22.6 Å². The molecule has 1 amide bonds. The van der Waals surface area contributed by atoms with Crippen molar-refractivity contribution in [3.8, 4) is 11.3 Å². The van der Waals surface area contributed by atoms with Crippen LogP contribution in [0.5, 0.6) is 0 Å². The molecular formula is C24H18F3N7O. The topological polar surface area (TPSA) is 103 Å². The second-order valence-electron chi connectivity index (χ2n) is 7.79. The number of carbonyl (C=O) groups excluding carboxylic acids is 1. The fourth-order valence-electron chi connectivity index (χ4n) is 3.80. The van der Waals surface area contributed by atoms with E-state index < -0.39 is 17.6 Å². The summed E-state index contributed by atoms with van der Waals surface area (Å²) in [5.41, 5.74) is 6.72. The van der Waals surface area contributed by atoms with E-state index in [1.165, 1.54) is 12.3 Å². The normalized spacial score (nSPS) is 11.6. The number of halogens is 3. The average Bonchev–Trinajstić information content (AvgIpc) is 3.45. The summed E-state index contributed by atoms with van der Waals surface area (Å²) in [6, 6.07) is 16.9. The highest BCUT2D eigenvalue weighted by atomic mass is 19.4. The van der Waals surface area contributed by atoms with E-state index in [0.29, 0.717) is 17.8 Å². The van der Waals surface area contributed by atoms with Crippen LogP contribution in [0.4, 0.5) is 24.7 Å². The average molecular weight is 477 g/mol. The zero-order valence-corrected chi connectivity index (χ0v) is 18.1. The Morgan fingerprint density at radius 2 is 1.83 bits per heavy atom. The number of nitrogens with one attached hydrogen (secondary N) is 1. The van der Waals surface area contributed by atoms with E-state index in [1.807, 2.05) is 30.3 Å². The second kappa shape index (κ2) is 8.60. The first-order valence-corrected chi connectivity index (χ1v) is 10.5. The number of hydrogen-bond donors (Lipinski definition) is 2. The fourth-order valence-corrected chi connectivity index (χ4v) is 3.80. The zero-order valence-electron chi connectivity index (χ0n) is 18.1. The van der Waals surface area contributed by atoms with Crippen LogP contribution in [-0.2, 0) is 12.7 Å². The highest BCUT2D eigenvalue weighted by Gasteiger charge is 2.36. The summed E-state index contributed by atoms with van der Waals surface area (Å²) in [5.74, 6) is -0.725. The Balaban J connectivity index is 1.42. The molecule has 0 aliphatic rings. The van der Waals surface area contributed by atoms with Gasteiger partial charge in [-0.2, -0.15) is 23.4 Å². The Morgan fingerprint density at radius 1 is 1.03 bits per heavy atom. The number of nitrogens with two attached hydrogens (primary N) is 1. The summed E-state index contributed by atoms with van der Waals surface area (Å²) in [7, 11) is 0. The van der Waals surface area contributed by atoms with Crippen LogP contribution in [-0.4, -0.2) is 30.3 Å². The first kappa shape index (κ1) is 22.1. The molecule has 8 nitrogen and oxygen atoms in total. The van der Waals surface area contributed by atoms with Gasteiger partial charge in [0.25, 0.3) is 5.91 Å². The molecule has 0 fully saturated rings. The molecule has 5 rings (SSSR count). The molecule has 0 saturated heterocycles. The van der Waals surface area contributed by atoms with Gasteiger partial charge in [0, 0.05) is 17.3 Å². The minimum absolute atomic E-state index is 0.131. The first-order valence-electron chi connectivity index (χ1n) is 10.5. The number of anilines is 2. The monoisotopic (exact) mass is 477 g/mol. The molecule has 176 valence electrons. The third-order valence-corrected chi connectivity index (χ3v) is 5.39. The maximum Gasteiger partial charge on any atom is 0.418 e. The second-order valence-corrected chi connectivity index (χ2v) is 7.79. The Bertz CT molecular complexity index is 1520. The van der Waals surface area contributed by atoms with Crippen molar-refractivity contribution in [1.82, 2.24) is 24.4 Å². The van der Waals surface area contributed by atoms with Crippen molar-refractivity contribution in [3.63, 3.8) is 0 Å². The minimum atomic E-state index is -4.66. The van der Waals surface area contributed by atoms with Crippen LogP contribution in [0.2, 0.25) is 0 Å². The Morgan fingerprint density at radius 3 is 2.60 bits per heavy atom. The molecule has 3 aromatic heterocycles. The minimum Gasteiger partial charge on any atom is -0.382 e. The Hall–Kier alpha value is -4.67. The molecule has 0 unspecified atom stereocenters. The highest BCUT2D eigenvalue weighted by molar-refractivity contribution is 6.04. The third-order valence-electron chi connectivity index (χ3n) is 5.39. The van der Waals surface area contributed by atoms with Crippen LogP contribution < -0.4 is 11.1 Å². The molecule has 0 atom stereocenters. The Kier molecular flexibility index (Phi) is 5.44. The van der Waals surface area contributed by atoms with Crippen molar-refractivity contribution < 1.29 is 18.0 Å². The maximum absolute atomic E-state index is 13.6. The number of benzene rings is 2. The van der Waals surface area contributed by atoms with Crippen molar-refractivity contribution in [2.24, 2.45) is 0 Å².